The average molecular weight is 286 g/mol. The number of aromatic nitrogens is 2. The Bertz CT molecular complexity index is 605. The summed E-state index contributed by atoms with van der Waals surface area (Å²) >= 11 is 0. The van der Waals surface area contributed by atoms with E-state index in [0.717, 1.165) is 11.9 Å². The Labute approximate surface area is 112 Å². The zero-order chi connectivity index (χ0) is 14.4. The number of hydrogen-bond acceptors (Lipinski definition) is 4. The number of imidazole rings is 1. The van der Waals surface area contributed by atoms with Crippen LogP contribution in [0.25, 0.3) is 0 Å². The molecule has 1 aliphatic heterocycles. The molecule has 1 aliphatic rings. The van der Waals surface area contributed by atoms with Gasteiger partial charge in [0.1, 0.15) is 6.04 Å². The van der Waals surface area contributed by atoms with Crippen LogP contribution < -0.4 is 0 Å². The van der Waals surface area contributed by atoms with Crippen molar-refractivity contribution in [1.82, 2.24) is 18.8 Å². The van der Waals surface area contributed by atoms with Crippen molar-refractivity contribution in [3.63, 3.8) is 0 Å². The molecule has 0 aliphatic carbocycles. The minimum Gasteiger partial charge on any atom is -0.347 e. The predicted octanol–water partition coefficient (Wildman–Crippen LogP) is -0.633. The van der Waals surface area contributed by atoms with Crippen LogP contribution in [0.3, 0.4) is 0 Å². The van der Waals surface area contributed by atoms with Crippen LogP contribution in [0.5, 0.6) is 0 Å². The van der Waals surface area contributed by atoms with E-state index in [1.165, 1.54) is 9.21 Å². The molecule has 1 aromatic heterocycles. The van der Waals surface area contributed by atoms with Crippen LogP contribution in [0, 0.1) is 0 Å². The summed E-state index contributed by atoms with van der Waals surface area (Å²) in [5.74, 6) is -0.255. The summed E-state index contributed by atoms with van der Waals surface area (Å²) < 4.78 is 26.8. The van der Waals surface area contributed by atoms with E-state index in [1.54, 1.807) is 32.0 Å². The summed E-state index contributed by atoms with van der Waals surface area (Å²) in [5.41, 5.74) is 1.46. The van der Waals surface area contributed by atoms with Gasteiger partial charge in [-0.15, -0.1) is 0 Å². The Morgan fingerprint density at radius 1 is 1.47 bits per heavy atom. The van der Waals surface area contributed by atoms with Gasteiger partial charge in [-0.3, -0.25) is 4.79 Å². The largest absolute Gasteiger partial charge is 0.347 e. The van der Waals surface area contributed by atoms with Gasteiger partial charge in [-0.05, 0) is 0 Å². The number of rotatable bonds is 2. The maximum atomic E-state index is 12.3. The normalized spacial score (nSPS) is 20.1. The van der Waals surface area contributed by atoms with Gasteiger partial charge in [0.15, 0.2) is 0 Å². The fourth-order valence-electron chi connectivity index (χ4n) is 2.36. The maximum absolute atomic E-state index is 12.3. The molecule has 7 nitrogen and oxygen atoms in total. The van der Waals surface area contributed by atoms with Crippen LogP contribution in [-0.4, -0.2) is 60.0 Å². The van der Waals surface area contributed by atoms with Crippen LogP contribution in [0.1, 0.15) is 17.4 Å². The van der Waals surface area contributed by atoms with Gasteiger partial charge in [-0.1, -0.05) is 0 Å². The lowest BCUT2D eigenvalue weighted by molar-refractivity contribution is -0.133. The van der Waals surface area contributed by atoms with Crippen molar-refractivity contribution in [2.75, 3.05) is 26.9 Å². The van der Waals surface area contributed by atoms with E-state index in [2.05, 4.69) is 4.98 Å². The molecule has 2 heterocycles. The number of fused-ring (bicyclic) bond motifs is 1. The Kier molecular flexibility index (Phi) is 3.40. The molecule has 1 aromatic rings. The van der Waals surface area contributed by atoms with E-state index in [-0.39, 0.29) is 12.5 Å². The van der Waals surface area contributed by atoms with E-state index >= 15 is 0 Å². The molecule has 0 saturated heterocycles. The highest BCUT2D eigenvalue weighted by molar-refractivity contribution is 7.88. The number of hydrogen-bond donors (Lipinski definition) is 0. The molecule has 1 atom stereocenters. The van der Waals surface area contributed by atoms with Gasteiger partial charge in [0.05, 0.1) is 24.0 Å². The Morgan fingerprint density at radius 2 is 2.11 bits per heavy atom. The zero-order valence-electron chi connectivity index (χ0n) is 11.5. The average Bonchev–Trinajstić information content (AvgIpc) is 2.68. The summed E-state index contributed by atoms with van der Waals surface area (Å²) in [6.45, 7) is 0.285. The summed E-state index contributed by atoms with van der Waals surface area (Å²) in [5, 5.41) is 0. The Hall–Kier alpha value is -1.41. The van der Waals surface area contributed by atoms with E-state index in [4.69, 9.17) is 0 Å². The third-order valence-electron chi connectivity index (χ3n) is 3.28. The SMILES string of the molecule is CN(C)C(=O)C1c2c(ncn2C)CCN1S(C)(=O)=O. The number of aryl methyl sites for hydroxylation is 1. The molecule has 1 amide bonds. The third-order valence-corrected chi connectivity index (χ3v) is 4.52. The number of nitrogens with zero attached hydrogens (tertiary/aromatic N) is 4. The molecule has 0 spiro atoms. The van der Waals surface area contributed by atoms with Crippen LogP contribution in [-0.2, 0) is 28.3 Å². The molecule has 0 aromatic carbocycles. The van der Waals surface area contributed by atoms with Gasteiger partial charge in [-0.25, -0.2) is 13.4 Å². The highest BCUT2D eigenvalue weighted by Crippen LogP contribution is 2.31. The highest BCUT2D eigenvalue weighted by atomic mass is 32.2. The summed E-state index contributed by atoms with van der Waals surface area (Å²) in [6.07, 6.45) is 3.27. The molecule has 2 rings (SSSR count). The van der Waals surface area contributed by atoms with E-state index in [0.29, 0.717) is 12.1 Å². The molecule has 0 fully saturated rings. The van der Waals surface area contributed by atoms with Crippen molar-refractivity contribution in [3.8, 4) is 0 Å². The molecule has 106 valence electrons. The first-order valence-electron chi connectivity index (χ1n) is 5.91. The number of carbonyl (C=O) groups excluding carboxylic acids is 1. The number of carbonyl (C=O) groups is 1. The molecule has 1 unspecified atom stereocenters. The van der Waals surface area contributed by atoms with E-state index < -0.39 is 16.1 Å². The molecule has 0 N–H and O–H groups in total. The standard InChI is InChI=1S/C11H18N4O3S/c1-13(2)11(16)10-9-8(12-7-14(9)3)5-6-15(10)19(4,17)18/h7,10H,5-6H2,1-4H3. The molecule has 8 heteroatoms. The number of sulfonamides is 1. The first-order valence-corrected chi connectivity index (χ1v) is 7.76. The van der Waals surface area contributed by atoms with Gasteiger partial charge >= 0.3 is 0 Å². The molecular formula is C11H18N4O3S. The van der Waals surface area contributed by atoms with Gasteiger partial charge in [0.2, 0.25) is 15.9 Å². The topological polar surface area (TPSA) is 75.5 Å². The van der Waals surface area contributed by atoms with Crippen LogP contribution in [0.2, 0.25) is 0 Å². The lowest BCUT2D eigenvalue weighted by Gasteiger charge is -2.34. The summed E-state index contributed by atoms with van der Waals surface area (Å²) in [7, 11) is 1.56. The van der Waals surface area contributed by atoms with Gasteiger partial charge < -0.3 is 9.47 Å². The smallest absolute Gasteiger partial charge is 0.246 e. The molecule has 19 heavy (non-hydrogen) atoms. The Morgan fingerprint density at radius 3 is 2.63 bits per heavy atom. The predicted molar refractivity (Wildman–Crippen MR) is 69.9 cm³/mol. The van der Waals surface area contributed by atoms with Gasteiger partial charge in [0, 0.05) is 34.1 Å². The third kappa shape index (κ3) is 2.37. The number of amides is 1. The first kappa shape index (κ1) is 14.0. The second kappa shape index (κ2) is 4.61. The second-order valence-corrected chi connectivity index (χ2v) is 6.88. The minimum absolute atomic E-state index is 0.255. The number of likely N-dealkylation sites (N-methyl/N-ethyl adjacent to an activating group) is 1. The second-order valence-electron chi connectivity index (χ2n) is 4.95. The van der Waals surface area contributed by atoms with E-state index in [1.807, 2.05) is 0 Å². The van der Waals surface area contributed by atoms with Gasteiger partial charge in [0.25, 0.3) is 0 Å². The maximum Gasteiger partial charge on any atom is 0.246 e. The molecular weight excluding hydrogens is 268 g/mol. The minimum atomic E-state index is -3.45. The van der Waals surface area contributed by atoms with Crippen molar-refractivity contribution >= 4 is 15.9 Å². The van der Waals surface area contributed by atoms with Crippen LogP contribution >= 0.6 is 0 Å². The lowest BCUT2D eigenvalue weighted by atomic mass is 10.0. The van der Waals surface area contributed by atoms with Crippen molar-refractivity contribution in [1.29, 1.82) is 0 Å². The van der Waals surface area contributed by atoms with Crippen LogP contribution in [0.15, 0.2) is 6.33 Å². The fourth-order valence-corrected chi connectivity index (χ4v) is 3.35. The Balaban J connectivity index is 2.57. The quantitative estimate of drug-likeness (QED) is 0.725. The van der Waals surface area contributed by atoms with Crippen molar-refractivity contribution in [2.24, 2.45) is 7.05 Å². The van der Waals surface area contributed by atoms with Crippen molar-refractivity contribution in [2.45, 2.75) is 12.5 Å². The zero-order valence-corrected chi connectivity index (χ0v) is 12.3. The monoisotopic (exact) mass is 286 g/mol. The first-order chi connectivity index (χ1) is 8.73. The van der Waals surface area contributed by atoms with Crippen molar-refractivity contribution < 1.29 is 13.2 Å². The summed E-state index contributed by atoms with van der Waals surface area (Å²) in [6, 6.07) is -0.818. The van der Waals surface area contributed by atoms with Gasteiger partial charge in [-0.2, -0.15) is 4.31 Å². The van der Waals surface area contributed by atoms with E-state index in [9.17, 15) is 13.2 Å². The lowest BCUT2D eigenvalue weighted by Crippen LogP contribution is -2.47. The van der Waals surface area contributed by atoms with Crippen molar-refractivity contribution in [3.05, 3.63) is 17.7 Å². The summed E-state index contributed by atoms with van der Waals surface area (Å²) in [4.78, 5) is 18.0. The molecule has 0 saturated carbocycles. The molecule has 0 bridgehead atoms. The molecule has 0 radical (unpaired) electrons. The fraction of sp³-hybridized carbons (Fsp3) is 0.636. The highest BCUT2D eigenvalue weighted by Gasteiger charge is 2.41. The van der Waals surface area contributed by atoms with Crippen LogP contribution in [0.4, 0.5) is 0 Å².